The topological polar surface area (TPSA) is 60.9 Å². The van der Waals surface area contributed by atoms with Crippen molar-refractivity contribution in [1.29, 1.82) is 0 Å². The molecule has 1 aromatic carbocycles. The number of aliphatic hydroxyl groups is 1. The SMILES string of the molecule is CC(=O)N1CCC[C@@](O)(C(=O)N2CCc3cc(Cl)ccc3C2)C1. The summed E-state index contributed by atoms with van der Waals surface area (Å²) in [7, 11) is 0. The molecule has 2 heterocycles. The summed E-state index contributed by atoms with van der Waals surface area (Å²) < 4.78 is 0. The van der Waals surface area contributed by atoms with Gasteiger partial charge in [-0.25, -0.2) is 0 Å². The molecule has 23 heavy (non-hydrogen) atoms. The van der Waals surface area contributed by atoms with Gasteiger partial charge in [0.25, 0.3) is 5.91 Å². The van der Waals surface area contributed by atoms with E-state index < -0.39 is 5.60 Å². The number of hydrogen-bond donors (Lipinski definition) is 1. The molecule has 6 heteroatoms. The Balaban J connectivity index is 1.75. The number of fused-ring (bicyclic) bond motifs is 1. The van der Waals surface area contributed by atoms with Gasteiger partial charge in [0, 0.05) is 31.6 Å². The highest BCUT2D eigenvalue weighted by molar-refractivity contribution is 6.30. The number of benzene rings is 1. The summed E-state index contributed by atoms with van der Waals surface area (Å²) in [4.78, 5) is 27.6. The van der Waals surface area contributed by atoms with Crippen LogP contribution in [0.5, 0.6) is 0 Å². The third kappa shape index (κ3) is 3.21. The lowest BCUT2D eigenvalue weighted by Crippen LogP contribution is -2.59. The minimum absolute atomic E-state index is 0.0884. The van der Waals surface area contributed by atoms with Crippen LogP contribution in [0.2, 0.25) is 5.02 Å². The number of carbonyl (C=O) groups is 2. The third-order valence-corrected chi connectivity index (χ3v) is 5.02. The van der Waals surface area contributed by atoms with Gasteiger partial charge >= 0.3 is 0 Å². The molecule has 0 saturated carbocycles. The van der Waals surface area contributed by atoms with Crippen LogP contribution in [-0.2, 0) is 22.6 Å². The first-order valence-corrected chi connectivity index (χ1v) is 8.31. The van der Waals surface area contributed by atoms with Crippen molar-refractivity contribution in [3.63, 3.8) is 0 Å². The molecule has 124 valence electrons. The number of halogens is 1. The minimum atomic E-state index is -1.46. The van der Waals surface area contributed by atoms with E-state index in [1.165, 1.54) is 6.92 Å². The lowest BCUT2D eigenvalue weighted by atomic mass is 9.89. The molecule has 0 aliphatic carbocycles. The summed E-state index contributed by atoms with van der Waals surface area (Å²) >= 11 is 6.01. The summed E-state index contributed by atoms with van der Waals surface area (Å²) in [5, 5.41) is 11.5. The van der Waals surface area contributed by atoms with Crippen LogP contribution in [0.4, 0.5) is 0 Å². The molecule has 1 atom stereocenters. The Morgan fingerprint density at radius 2 is 2.00 bits per heavy atom. The molecule has 0 radical (unpaired) electrons. The van der Waals surface area contributed by atoms with Crippen molar-refractivity contribution >= 4 is 23.4 Å². The molecule has 5 nitrogen and oxygen atoms in total. The zero-order valence-electron chi connectivity index (χ0n) is 13.2. The van der Waals surface area contributed by atoms with Crippen LogP contribution < -0.4 is 0 Å². The van der Waals surface area contributed by atoms with Gasteiger partial charge in [0.2, 0.25) is 5.91 Å². The molecule has 1 aromatic rings. The van der Waals surface area contributed by atoms with Crippen LogP contribution in [0.25, 0.3) is 0 Å². The highest BCUT2D eigenvalue weighted by Crippen LogP contribution is 2.28. The predicted molar refractivity (Wildman–Crippen MR) is 87.0 cm³/mol. The number of nitrogens with zero attached hydrogens (tertiary/aromatic N) is 2. The number of rotatable bonds is 1. The maximum Gasteiger partial charge on any atom is 0.256 e. The average molecular weight is 337 g/mol. The Kier molecular flexibility index (Phi) is 4.34. The van der Waals surface area contributed by atoms with E-state index in [4.69, 9.17) is 11.6 Å². The second-order valence-electron chi connectivity index (χ2n) is 6.47. The van der Waals surface area contributed by atoms with Crippen LogP contribution in [0.15, 0.2) is 18.2 Å². The predicted octanol–water partition coefficient (Wildman–Crippen LogP) is 1.60. The number of piperidine rings is 1. The van der Waals surface area contributed by atoms with E-state index in [2.05, 4.69) is 0 Å². The van der Waals surface area contributed by atoms with E-state index in [0.717, 1.165) is 17.5 Å². The van der Waals surface area contributed by atoms with E-state index >= 15 is 0 Å². The quantitative estimate of drug-likeness (QED) is 0.847. The Hall–Kier alpha value is -1.59. The van der Waals surface area contributed by atoms with Gasteiger partial charge in [-0.2, -0.15) is 0 Å². The van der Waals surface area contributed by atoms with Gasteiger partial charge in [-0.3, -0.25) is 9.59 Å². The smallest absolute Gasteiger partial charge is 0.256 e. The number of β-amino-alcohol motifs (C(OH)–C–C–N with tert-alkyl or cyclic N) is 1. The molecule has 2 aliphatic rings. The van der Waals surface area contributed by atoms with Gasteiger partial charge in [0.1, 0.15) is 0 Å². The van der Waals surface area contributed by atoms with E-state index in [-0.39, 0.29) is 18.4 Å². The summed E-state index contributed by atoms with van der Waals surface area (Å²) in [5.41, 5.74) is 0.757. The van der Waals surface area contributed by atoms with Crippen molar-refractivity contribution in [2.24, 2.45) is 0 Å². The molecule has 1 saturated heterocycles. The number of hydrogen-bond acceptors (Lipinski definition) is 3. The minimum Gasteiger partial charge on any atom is -0.378 e. The Bertz CT molecular complexity index is 649. The van der Waals surface area contributed by atoms with Crippen LogP contribution in [-0.4, -0.2) is 52.0 Å². The van der Waals surface area contributed by atoms with Gasteiger partial charge < -0.3 is 14.9 Å². The fourth-order valence-corrected chi connectivity index (χ4v) is 3.66. The highest BCUT2D eigenvalue weighted by Gasteiger charge is 2.43. The number of carbonyl (C=O) groups excluding carboxylic acids is 2. The standard InChI is InChI=1S/C17H21ClN2O3/c1-12(21)20-7-2-6-17(23,11-20)16(22)19-8-5-13-9-15(18)4-3-14(13)10-19/h3-4,9,23H,2,5-8,10-11H2,1H3/t17-/m0/s1. The first-order chi connectivity index (χ1) is 10.9. The molecule has 0 unspecified atom stereocenters. The van der Waals surface area contributed by atoms with Crippen LogP contribution in [0.1, 0.15) is 30.9 Å². The normalized spacial score (nSPS) is 24.3. The molecule has 1 N–H and O–H groups in total. The Morgan fingerprint density at radius 3 is 2.74 bits per heavy atom. The van der Waals surface area contributed by atoms with Gasteiger partial charge in [-0.15, -0.1) is 0 Å². The molecule has 0 bridgehead atoms. The van der Waals surface area contributed by atoms with Crippen molar-refractivity contribution in [3.05, 3.63) is 34.3 Å². The van der Waals surface area contributed by atoms with E-state index in [1.54, 1.807) is 9.80 Å². The first kappa shape index (κ1) is 16.3. The second kappa shape index (κ2) is 6.13. The molecular weight excluding hydrogens is 316 g/mol. The molecule has 2 amide bonds. The van der Waals surface area contributed by atoms with E-state index in [9.17, 15) is 14.7 Å². The number of amides is 2. The lowest BCUT2D eigenvalue weighted by Gasteiger charge is -2.41. The molecule has 2 aliphatic heterocycles. The average Bonchev–Trinajstić information content (AvgIpc) is 2.53. The fourth-order valence-electron chi connectivity index (χ4n) is 3.47. The zero-order chi connectivity index (χ0) is 16.6. The van der Waals surface area contributed by atoms with Crippen molar-refractivity contribution in [3.8, 4) is 0 Å². The van der Waals surface area contributed by atoms with Gasteiger partial charge in [0.05, 0.1) is 6.54 Å². The van der Waals surface area contributed by atoms with Gasteiger partial charge in [0.15, 0.2) is 5.60 Å². The van der Waals surface area contributed by atoms with Crippen LogP contribution >= 0.6 is 11.6 Å². The summed E-state index contributed by atoms with van der Waals surface area (Å²) in [6.07, 6.45) is 1.77. The summed E-state index contributed by atoms with van der Waals surface area (Å²) in [6, 6.07) is 5.69. The monoisotopic (exact) mass is 336 g/mol. The fraction of sp³-hybridized carbons (Fsp3) is 0.529. The summed E-state index contributed by atoms with van der Waals surface area (Å²) in [5.74, 6) is -0.376. The number of likely N-dealkylation sites (tertiary alicyclic amines) is 1. The van der Waals surface area contributed by atoms with Gasteiger partial charge in [-0.05, 0) is 42.5 Å². The van der Waals surface area contributed by atoms with Crippen LogP contribution in [0.3, 0.4) is 0 Å². The van der Waals surface area contributed by atoms with Gasteiger partial charge in [-0.1, -0.05) is 17.7 Å². The Morgan fingerprint density at radius 1 is 1.22 bits per heavy atom. The molecule has 0 spiro atoms. The van der Waals surface area contributed by atoms with Crippen molar-refractivity contribution < 1.29 is 14.7 Å². The third-order valence-electron chi connectivity index (χ3n) is 4.78. The van der Waals surface area contributed by atoms with Crippen molar-refractivity contribution in [2.75, 3.05) is 19.6 Å². The largest absolute Gasteiger partial charge is 0.378 e. The lowest BCUT2D eigenvalue weighted by molar-refractivity contribution is -0.160. The van der Waals surface area contributed by atoms with E-state index in [1.807, 2.05) is 18.2 Å². The Labute approximate surface area is 140 Å². The first-order valence-electron chi connectivity index (χ1n) is 7.94. The molecule has 0 aromatic heterocycles. The van der Waals surface area contributed by atoms with Crippen molar-refractivity contribution in [1.82, 2.24) is 9.80 Å². The second-order valence-corrected chi connectivity index (χ2v) is 6.90. The highest BCUT2D eigenvalue weighted by atomic mass is 35.5. The van der Waals surface area contributed by atoms with E-state index in [0.29, 0.717) is 37.5 Å². The maximum absolute atomic E-state index is 12.8. The summed E-state index contributed by atoms with van der Waals surface area (Å²) in [6.45, 7) is 3.21. The maximum atomic E-state index is 12.8. The van der Waals surface area contributed by atoms with Crippen molar-refractivity contribution in [2.45, 2.75) is 38.3 Å². The molecular formula is C17H21ClN2O3. The molecule has 3 rings (SSSR count). The molecule has 1 fully saturated rings. The zero-order valence-corrected chi connectivity index (χ0v) is 14.0. The van der Waals surface area contributed by atoms with Crippen LogP contribution in [0, 0.1) is 0 Å².